The molecule has 5 nitrogen and oxygen atoms in total. The van der Waals surface area contributed by atoms with Crippen LogP contribution in [0.2, 0.25) is 0 Å². The van der Waals surface area contributed by atoms with E-state index in [1.807, 2.05) is 0 Å². The van der Waals surface area contributed by atoms with E-state index in [9.17, 15) is 8.42 Å². The van der Waals surface area contributed by atoms with Crippen LogP contribution in [-0.2, 0) is 10.0 Å². The Kier molecular flexibility index (Phi) is 4.27. The molecule has 2 aliphatic rings. The molecule has 1 aliphatic carbocycles. The van der Waals surface area contributed by atoms with Gasteiger partial charge in [-0.05, 0) is 52.9 Å². The van der Waals surface area contributed by atoms with Crippen LogP contribution in [0.15, 0.2) is 27.6 Å². The third kappa shape index (κ3) is 3.41. The van der Waals surface area contributed by atoms with Crippen molar-refractivity contribution in [2.24, 2.45) is 5.92 Å². The molecular formula is C14H20BrN3O2S. The van der Waals surface area contributed by atoms with Crippen molar-refractivity contribution < 1.29 is 8.42 Å². The number of nitrogens with zero attached hydrogens (tertiary/aromatic N) is 2. The first-order chi connectivity index (χ1) is 9.96. The molecule has 1 saturated heterocycles. The second-order valence-corrected chi connectivity index (χ2v) is 8.60. The molecule has 21 heavy (non-hydrogen) atoms. The zero-order valence-electron chi connectivity index (χ0n) is 11.8. The van der Waals surface area contributed by atoms with Crippen molar-refractivity contribution in [3.8, 4) is 0 Å². The Morgan fingerprint density at radius 2 is 1.86 bits per heavy atom. The average Bonchev–Trinajstić information content (AvgIpc) is 3.23. The molecule has 0 unspecified atom stereocenters. The van der Waals surface area contributed by atoms with Gasteiger partial charge in [-0.3, -0.25) is 0 Å². The number of halogens is 1. The lowest BCUT2D eigenvalue weighted by molar-refractivity contribution is 0.182. The molecule has 1 aliphatic heterocycles. The summed E-state index contributed by atoms with van der Waals surface area (Å²) in [7, 11) is -3.44. The van der Waals surface area contributed by atoms with Gasteiger partial charge in [0.15, 0.2) is 0 Å². The van der Waals surface area contributed by atoms with Crippen molar-refractivity contribution in [2.75, 3.05) is 38.5 Å². The summed E-state index contributed by atoms with van der Waals surface area (Å²) in [6, 6.07) is 4.84. The molecule has 0 bridgehead atoms. The fourth-order valence-corrected chi connectivity index (χ4v) is 5.16. The summed E-state index contributed by atoms with van der Waals surface area (Å²) in [5.74, 6) is 0.847. The number of nitrogens with two attached hydrogens (primary N) is 1. The lowest BCUT2D eigenvalue weighted by Gasteiger charge is -2.34. The van der Waals surface area contributed by atoms with Crippen LogP contribution in [-0.4, -0.2) is 50.3 Å². The highest BCUT2D eigenvalue weighted by Crippen LogP contribution is 2.31. The predicted octanol–water partition coefficient (Wildman–Crippen LogP) is 1.75. The lowest BCUT2D eigenvalue weighted by atomic mass is 10.3. The molecule has 2 fully saturated rings. The van der Waals surface area contributed by atoms with E-state index in [2.05, 4.69) is 20.8 Å². The van der Waals surface area contributed by atoms with E-state index >= 15 is 0 Å². The Balaban J connectivity index is 1.70. The highest BCUT2D eigenvalue weighted by molar-refractivity contribution is 9.10. The Morgan fingerprint density at radius 3 is 2.43 bits per heavy atom. The molecule has 0 atom stereocenters. The SMILES string of the molecule is Nc1ccc(S(=O)(=O)N2CCN(CC3CC3)CC2)c(Br)c1. The maximum Gasteiger partial charge on any atom is 0.244 e. The zero-order valence-corrected chi connectivity index (χ0v) is 14.2. The van der Waals surface area contributed by atoms with Gasteiger partial charge in [0.1, 0.15) is 0 Å². The molecule has 0 radical (unpaired) electrons. The van der Waals surface area contributed by atoms with Crippen molar-refractivity contribution >= 4 is 31.6 Å². The van der Waals surface area contributed by atoms with Crippen LogP contribution in [0.25, 0.3) is 0 Å². The highest BCUT2D eigenvalue weighted by Gasteiger charge is 2.32. The summed E-state index contributed by atoms with van der Waals surface area (Å²) in [5, 5.41) is 0. The van der Waals surface area contributed by atoms with E-state index in [1.165, 1.54) is 12.8 Å². The van der Waals surface area contributed by atoms with Crippen LogP contribution >= 0.6 is 15.9 Å². The fourth-order valence-electron chi connectivity index (χ4n) is 2.68. The summed E-state index contributed by atoms with van der Waals surface area (Å²) < 4.78 is 27.5. The quantitative estimate of drug-likeness (QED) is 0.816. The van der Waals surface area contributed by atoms with Crippen molar-refractivity contribution in [2.45, 2.75) is 17.7 Å². The topological polar surface area (TPSA) is 66.6 Å². The predicted molar refractivity (Wildman–Crippen MR) is 86.5 cm³/mol. The van der Waals surface area contributed by atoms with Gasteiger partial charge >= 0.3 is 0 Å². The van der Waals surface area contributed by atoms with E-state index in [-0.39, 0.29) is 0 Å². The Bertz CT molecular complexity index is 623. The second kappa shape index (κ2) is 5.87. The molecule has 1 aromatic carbocycles. The van der Waals surface area contributed by atoms with Gasteiger partial charge in [0.2, 0.25) is 10.0 Å². The number of rotatable bonds is 4. The van der Waals surface area contributed by atoms with Crippen LogP contribution in [0.1, 0.15) is 12.8 Å². The number of hydrogen-bond donors (Lipinski definition) is 1. The molecule has 1 saturated carbocycles. The van der Waals surface area contributed by atoms with Gasteiger partial charge in [-0.2, -0.15) is 4.31 Å². The van der Waals surface area contributed by atoms with Gasteiger partial charge in [0.25, 0.3) is 0 Å². The summed E-state index contributed by atoms with van der Waals surface area (Å²) in [5.41, 5.74) is 6.23. The normalized spacial score (nSPS) is 21.6. The number of anilines is 1. The highest BCUT2D eigenvalue weighted by atomic mass is 79.9. The lowest BCUT2D eigenvalue weighted by Crippen LogP contribution is -2.49. The molecule has 0 amide bonds. The summed E-state index contributed by atoms with van der Waals surface area (Å²) in [6.45, 7) is 3.89. The molecule has 1 aromatic rings. The van der Waals surface area contributed by atoms with Crippen LogP contribution in [0.4, 0.5) is 5.69 Å². The van der Waals surface area contributed by atoms with Crippen LogP contribution in [0.3, 0.4) is 0 Å². The summed E-state index contributed by atoms with van der Waals surface area (Å²) in [6.07, 6.45) is 2.66. The molecule has 3 rings (SSSR count). The van der Waals surface area contributed by atoms with E-state index < -0.39 is 10.0 Å². The number of nitrogen functional groups attached to an aromatic ring is 1. The monoisotopic (exact) mass is 373 g/mol. The third-order valence-corrected chi connectivity index (χ3v) is 6.99. The molecule has 1 heterocycles. The minimum absolute atomic E-state index is 0.298. The van der Waals surface area contributed by atoms with E-state index in [0.29, 0.717) is 28.1 Å². The summed E-state index contributed by atoms with van der Waals surface area (Å²) >= 11 is 3.31. The number of benzene rings is 1. The number of sulfonamides is 1. The van der Waals surface area contributed by atoms with Gasteiger partial charge in [0, 0.05) is 42.9 Å². The maximum absolute atomic E-state index is 12.7. The number of hydrogen-bond acceptors (Lipinski definition) is 4. The smallest absolute Gasteiger partial charge is 0.244 e. The van der Waals surface area contributed by atoms with Gasteiger partial charge in [0.05, 0.1) is 4.90 Å². The van der Waals surface area contributed by atoms with Gasteiger partial charge < -0.3 is 10.6 Å². The molecule has 0 aromatic heterocycles. The molecule has 116 valence electrons. The van der Waals surface area contributed by atoms with Gasteiger partial charge in [-0.25, -0.2) is 8.42 Å². The van der Waals surface area contributed by atoms with Crippen LogP contribution in [0.5, 0.6) is 0 Å². The minimum Gasteiger partial charge on any atom is -0.399 e. The molecule has 0 spiro atoms. The Labute approximate surface area is 134 Å². The minimum atomic E-state index is -3.44. The largest absolute Gasteiger partial charge is 0.399 e. The van der Waals surface area contributed by atoms with E-state index in [1.54, 1.807) is 22.5 Å². The zero-order chi connectivity index (χ0) is 15.0. The van der Waals surface area contributed by atoms with Crippen LogP contribution < -0.4 is 5.73 Å². The van der Waals surface area contributed by atoms with Crippen molar-refractivity contribution in [3.05, 3.63) is 22.7 Å². The molecule has 2 N–H and O–H groups in total. The third-order valence-electron chi connectivity index (χ3n) is 4.12. The Morgan fingerprint density at radius 1 is 1.19 bits per heavy atom. The first kappa shape index (κ1) is 15.3. The first-order valence-electron chi connectivity index (χ1n) is 7.24. The standard InChI is InChI=1S/C14H20BrN3O2S/c15-13-9-12(16)3-4-14(13)21(19,20)18-7-5-17(6-8-18)10-11-1-2-11/h3-4,9,11H,1-2,5-8,10,16H2. The second-order valence-electron chi connectivity index (χ2n) is 5.84. The van der Waals surface area contributed by atoms with Gasteiger partial charge in [-0.15, -0.1) is 0 Å². The van der Waals surface area contributed by atoms with Crippen LogP contribution in [0, 0.1) is 5.92 Å². The maximum atomic E-state index is 12.7. The Hall–Kier alpha value is -0.630. The van der Waals surface area contributed by atoms with Crippen molar-refractivity contribution in [1.82, 2.24) is 9.21 Å². The van der Waals surface area contributed by atoms with E-state index in [0.717, 1.165) is 25.6 Å². The fraction of sp³-hybridized carbons (Fsp3) is 0.571. The summed E-state index contributed by atoms with van der Waals surface area (Å²) in [4.78, 5) is 2.68. The number of piperazine rings is 1. The first-order valence-corrected chi connectivity index (χ1v) is 9.47. The van der Waals surface area contributed by atoms with Crippen molar-refractivity contribution in [1.29, 1.82) is 0 Å². The molecular weight excluding hydrogens is 354 g/mol. The van der Waals surface area contributed by atoms with E-state index in [4.69, 9.17) is 5.73 Å². The van der Waals surface area contributed by atoms with Crippen molar-refractivity contribution in [3.63, 3.8) is 0 Å². The average molecular weight is 374 g/mol. The molecule has 7 heteroatoms. The van der Waals surface area contributed by atoms with Gasteiger partial charge in [-0.1, -0.05) is 0 Å².